The minimum Gasteiger partial charge on any atom is -1.00 e. The van der Waals surface area contributed by atoms with Crippen LogP contribution in [0.1, 0.15) is 107 Å². The lowest BCUT2D eigenvalue weighted by molar-refractivity contribution is -0.917. The Balaban J connectivity index is -0.000000208. The zero-order chi connectivity index (χ0) is 84.1. The Labute approximate surface area is 872 Å². The number of imidazole rings is 3. The molecule has 4 N–H and O–H groups in total. The van der Waals surface area contributed by atoms with Gasteiger partial charge in [-0.3, -0.25) is 0 Å². The molecule has 3 fully saturated rings. The van der Waals surface area contributed by atoms with Crippen molar-refractivity contribution in [3.63, 3.8) is 0 Å². The first-order valence-electron chi connectivity index (χ1n) is 42.0. The molecule has 29 nitrogen and oxygen atoms in total. The van der Waals surface area contributed by atoms with Crippen LogP contribution >= 0.6 is 24.0 Å². The molecule has 0 bridgehead atoms. The van der Waals surface area contributed by atoms with E-state index in [-0.39, 0.29) is 212 Å². The molecule has 0 aromatic carbocycles. The summed E-state index contributed by atoms with van der Waals surface area (Å²) in [5, 5.41) is 34.6. The molecule has 3 aliphatic rings. The number of aliphatic hydroxyl groups is 4. The van der Waals surface area contributed by atoms with E-state index in [0.717, 1.165) is 188 Å². The van der Waals surface area contributed by atoms with Crippen LogP contribution in [0.2, 0.25) is 18.1 Å². The van der Waals surface area contributed by atoms with Crippen LogP contribution in [-0.2, 0) is 108 Å². The monoisotopic (exact) mass is 2680 g/mol. The predicted molar refractivity (Wildman–Crippen MR) is 467 cm³/mol. The van der Waals surface area contributed by atoms with Crippen molar-refractivity contribution in [2.75, 3.05) is 244 Å². The van der Waals surface area contributed by atoms with Gasteiger partial charge in [0.25, 0.3) is 0 Å². The lowest BCUT2D eigenvalue weighted by atomic mass is 10.3. The molecular formula is C81H166I8N13O16Si3+. The van der Waals surface area contributed by atoms with Crippen molar-refractivity contribution < 1.29 is 279 Å². The molecule has 3 aliphatic heterocycles. The van der Waals surface area contributed by atoms with E-state index < -0.39 is 26.4 Å². The van der Waals surface area contributed by atoms with Gasteiger partial charge in [-0.25, -0.2) is 36.5 Å². The molecule has 40 heteroatoms. The summed E-state index contributed by atoms with van der Waals surface area (Å²) in [5.41, 5.74) is 2.43. The minimum atomic E-state index is -2.57. The second-order valence-corrected chi connectivity index (χ2v) is 37.9. The molecule has 5 aromatic heterocycles. The average molecular weight is 2680 g/mol. The molecule has 718 valence electrons. The SMILES string of the molecule is CCO[Si](CCC[N+]1(C)CCOCC1)(OCC)OCC.CCO[Si](CCCn1cc[n+](CCC[Si](OCC)(OCC)OCC)c1)(OCC)OCC.CN(C)c1cc[n+](C)cc1.CN(C)c1cc[n+](CCCO)cc1.C[N+]1(C)CCOCC1.C[N+]1(CCCO)CCOCC1.Cn1cc[n+](C)c1.I.OCCCn1cc[n+](CCCO)c1.[I-].[I-].[I-].[I-].[I-].[I-].[I-]. The van der Waals surface area contributed by atoms with E-state index in [4.69, 9.17) is 74.5 Å². The number of hydrogen-bond donors (Lipinski definition) is 4. The molecule has 0 radical (unpaired) electrons. The highest BCUT2D eigenvalue weighted by atomic mass is 127. The van der Waals surface area contributed by atoms with Crippen molar-refractivity contribution in [2.24, 2.45) is 21.1 Å². The predicted octanol–water partition coefficient (Wildman–Crippen LogP) is -14.5. The molecule has 8 heterocycles. The van der Waals surface area contributed by atoms with Gasteiger partial charge in [0.1, 0.15) is 83.5 Å². The first-order valence-corrected chi connectivity index (χ1v) is 47.7. The van der Waals surface area contributed by atoms with Gasteiger partial charge in [0.05, 0.1) is 121 Å². The number of anilines is 2. The zero-order valence-electron chi connectivity index (χ0n) is 77.6. The van der Waals surface area contributed by atoms with Gasteiger partial charge in [-0.05, 0) is 75.2 Å². The second-order valence-electron chi connectivity index (χ2n) is 29.7. The lowest BCUT2D eigenvalue weighted by Crippen LogP contribution is -3.00. The standard InChI is InChI=1S/C21H45N2O6Si2.C14H32NO4Si.C10H17N2O.C9H17N2O2.C8H13N2.C8H18NO2.C6H14NO.C5H9N2.8HI/c1-7-24-30(25-8-2,26-9-3)19-13-15-22-17-18-23(21-22)16-14-20-31(27-10-4,28-11-5)29-12-6;1-5-17-20(18-6-2,19-7-3)14-8-9-15(4)10-12-16-13-11-15;1-11(2)10-4-7-12(8-5-10)6-3-9-13;12-7-1-3-10-5-6-11(9-10)4-2-8-13;1-9(2)8-4-6-10(3)7-5-8;1-9(3-2-6-10)4-7-11-8-5-9;1-7(2)3-5-8-6-4-7;1-6-3-4-7(2)5-6;;;;;;;;/h17-18,21H,7-16,19-20H2,1-6H3;5-14H2,1-4H3;4-5,7-8,13H,3,6,9H2,1-2H3;5-6,9,12-13H,1-4,7-8H2;4-7H,1-3H3;10H,2-8H2,1H3;3-6H2,1-2H3;3-5H,1-2H3;8*1H/q8*+1;;;;;;;;/p-7. The van der Waals surface area contributed by atoms with Crippen LogP contribution in [0.4, 0.5) is 11.4 Å². The number of hydrogen-bond acceptors (Lipinski definition) is 18. The van der Waals surface area contributed by atoms with Crippen LogP contribution in [0, 0.1) is 0 Å². The summed E-state index contributed by atoms with van der Waals surface area (Å²) < 4.78 is 89.1. The number of aliphatic hydroxyl groups excluding tert-OH is 4. The molecule has 0 unspecified atom stereocenters. The number of aromatic nitrogens is 8. The van der Waals surface area contributed by atoms with E-state index in [0.29, 0.717) is 66.1 Å². The summed E-state index contributed by atoms with van der Waals surface area (Å²) >= 11 is 0. The highest BCUT2D eigenvalue weighted by Gasteiger charge is 2.43. The van der Waals surface area contributed by atoms with Crippen LogP contribution < -0.4 is 200 Å². The molecule has 121 heavy (non-hydrogen) atoms. The van der Waals surface area contributed by atoms with Crippen LogP contribution in [-0.4, -0.2) is 308 Å². The Kier molecular flexibility index (Phi) is 95.9. The third-order valence-corrected chi connectivity index (χ3v) is 28.3. The highest BCUT2D eigenvalue weighted by molar-refractivity contribution is 14.0. The Morgan fingerprint density at radius 3 is 0.975 bits per heavy atom. The van der Waals surface area contributed by atoms with E-state index in [1.54, 1.807) is 0 Å². The zero-order valence-corrected chi connectivity index (χ0v) is 98.0. The fraction of sp³-hybridized carbons (Fsp3) is 0.765. The Bertz CT molecular complexity index is 2900. The first-order chi connectivity index (χ1) is 54.2. The molecule has 0 spiro atoms. The highest BCUT2D eigenvalue weighted by Crippen LogP contribution is 2.23. The van der Waals surface area contributed by atoms with Crippen LogP contribution in [0.3, 0.4) is 0 Å². The van der Waals surface area contributed by atoms with E-state index >= 15 is 0 Å². The van der Waals surface area contributed by atoms with Crippen LogP contribution in [0.25, 0.3) is 0 Å². The maximum atomic E-state index is 8.67. The number of quaternary nitrogens is 3. The molecule has 8 rings (SSSR count). The maximum Gasteiger partial charge on any atom is 0.501 e. The maximum absolute atomic E-state index is 8.67. The van der Waals surface area contributed by atoms with Gasteiger partial charge < -0.3 is 266 Å². The topological polar surface area (TPSA) is 232 Å². The van der Waals surface area contributed by atoms with Gasteiger partial charge in [-0.15, -0.1) is 24.0 Å². The Morgan fingerprint density at radius 2 is 0.678 bits per heavy atom. The third-order valence-electron chi connectivity index (χ3n) is 18.9. The number of rotatable bonds is 44. The van der Waals surface area contributed by atoms with E-state index in [9.17, 15) is 0 Å². The molecule has 5 aromatic rings. The van der Waals surface area contributed by atoms with Crippen LogP contribution in [0.5, 0.6) is 0 Å². The quantitative estimate of drug-likeness (QED) is 0.0123. The minimum absolute atomic E-state index is 0. The summed E-state index contributed by atoms with van der Waals surface area (Å²) in [6, 6.07) is 10.9. The van der Waals surface area contributed by atoms with Crippen LogP contribution in [0.15, 0.2) is 105 Å². The fourth-order valence-electron chi connectivity index (χ4n) is 12.4. The van der Waals surface area contributed by atoms with Crippen molar-refractivity contribution >= 4 is 61.8 Å². The number of aryl methyl sites for hydroxylation is 8. The molecule has 0 aliphatic carbocycles. The van der Waals surface area contributed by atoms with Gasteiger partial charge in [-0.1, -0.05) is 0 Å². The Hall–Kier alpha value is 1.26. The number of nitrogens with zero attached hydrogens (tertiary/aromatic N) is 13. The number of likely N-dealkylation sites (N-methyl/N-ethyl adjacent to an activating group) is 3. The summed E-state index contributed by atoms with van der Waals surface area (Å²) in [7, 11) is 15.6. The van der Waals surface area contributed by atoms with Crippen molar-refractivity contribution in [3.05, 3.63) is 105 Å². The van der Waals surface area contributed by atoms with Gasteiger partial charge >= 0.3 is 26.4 Å². The largest absolute Gasteiger partial charge is 1.00 e. The number of halogens is 8. The first kappa shape index (κ1) is 138. The average Bonchev–Trinajstić information content (AvgIpc) is 1.66. The number of ether oxygens (including phenoxy) is 3. The van der Waals surface area contributed by atoms with Gasteiger partial charge in [0, 0.05) is 200 Å². The lowest BCUT2D eigenvalue weighted by Gasteiger charge is -2.38. The van der Waals surface area contributed by atoms with Crippen molar-refractivity contribution in [1.82, 2.24) is 13.7 Å². The van der Waals surface area contributed by atoms with E-state index in [2.05, 4.69) is 94.7 Å². The van der Waals surface area contributed by atoms with Crippen molar-refractivity contribution in [3.8, 4) is 0 Å². The molecule has 0 atom stereocenters. The molecular weight excluding hydrogens is 2510 g/mol. The Morgan fingerprint density at radius 1 is 0.372 bits per heavy atom. The van der Waals surface area contributed by atoms with Gasteiger partial charge in [0.2, 0.25) is 19.0 Å². The van der Waals surface area contributed by atoms with Crippen molar-refractivity contribution in [2.45, 2.75) is 158 Å². The number of pyridine rings is 2. The summed E-state index contributed by atoms with van der Waals surface area (Å²) in [6.45, 7) is 43.4. The third kappa shape index (κ3) is 66.3. The normalized spacial score (nSPS) is 13.9. The number of morpholine rings is 3. The molecule has 0 saturated carbocycles. The van der Waals surface area contributed by atoms with E-state index in [1.165, 1.54) is 24.5 Å². The van der Waals surface area contributed by atoms with Gasteiger partial charge in [-0.2, -0.15) is 0 Å². The summed E-state index contributed by atoms with van der Waals surface area (Å²) in [6.07, 6.45) is 32.8. The van der Waals surface area contributed by atoms with E-state index in [1.807, 2.05) is 197 Å². The summed E-state index contributed by atoms with van der Waals surface area (Å²) in [5.74, 6) is 0. The summed E-state index contributed by atoms with van der Waals surface area (Å²) in [4.78, 5) is 4.15. The molecule has 3 saturated heterocycles. The van der Waals surface area contributed by atoms with Gasteiger partial charge in [0.15, 0.2) is 31.3 Å². The second kappa shape index (κ2) is 84.3. The van der Waals surface area contributed by atoms with Crippen molar-refractivity contribution in [1.29, 1.82) is 0 Å². The molecule has 0 amide bonds. The smallest absolute Gasteiger partial charge is 0.501 e. The fourth-order valence-corrected chi connectivity index (χ4v) is 20.2.